The number of hydrogen-bond donors (Lipinski definition) is 2. The van der Waals surface area contributed by atoms with E-state index in [1.165, 1.54) is 11.1 Å². The van der Waals surface area contributed by atoms with Crippen molar-refractivity contribution < 1.29 is 4.79 Å². The number of amides is 1. The molecule has 0 aliphatic carbocycles. The zero-order valence-electron chi connectivity index (χ0n) is 11.1. The highest BCUT2D eigenvalue weighted by Gasteiger charge is 2.27. The molecule has 1 amide bonds. The molecule has 1 heterocycles. The minimum Gasteiger partial charge on any atom is -0.358 e. The van der Waals surface area contributed by atoms with Gasteiger partial charge < -0.3 is 10.6 Å². The predicted molar refractivity (Wildman–Crippen MR) is 72.3 cm³/mol. The molecule has 0 radical (unpaired) electrons. The fourth-order valence-electron chi connectivity index (χ4n) is 2.41. The van der Waals surface area contributed by atoms with Crippen LogP contribution in [-0.4, -0.2) is 43.5 Å². The molecule has 98 valence electrons. The normalized spacial score (nSPS) is 20.7. The summed E-state index contributed by atoms with van der Waals surface area (Å²) in [4.78, 5) is 14.1. The minimum absolute atomic E-state index is 0.0655. The predicted octanol–water partition coefficient (Wildman–Crippen LogP) is 0.515. The zero-order chi connectivity index (χ0) is 13.0. The van der Waals surface area contributed by atoms with E-state index >= 15 is 0 Å². The van der Waals surface area contributed by atoms with Gasteiger partial charge >= 0.3 is 0 Å². The lowest BCUT2D eigenvalue weighted by Crippen LogP contribution is -2.56. The lowest BCUT2D eigenvalue weighted by Gasteiger charge is -2.34. The van der Waals surface area contributed by atoms with E-state index in [9.17, 15) is 4.79 Å². The molecule has 1 saturated heterocycles. The van der Waals surface area contributed by atoms with Crippen molar-refractivity contribution in [2.24, 2.45) is 0 Å². The van der Waals surface area contributed by atoms with E-state index in [1.54, 1.807) is 7.05 Å². The Bertz CT molecular complexity index is 419. The van der Waals surface area contributed by atoms with Crippen LogP contribution in [0.2, 0.25) is 0 Å². The first-order valence-corrected chi connectivity index (χ1v) is 6.42. The van der Waals surface area contributed by atoms with E-state index < -0.39 is 0 Å². The maximum absolute atomic E-state index is 11.8. The Morgan fingerprint density at radius 1 is 1.56 bits per heavy atom. The van der Waals surface area contributed by atoms with Gasteiger partial charge in [-0.05, 0) is 12.5 Å². The van der Waals surface area contributed by atoms with Crippen molar-refractivity contribution in [2.75, 3.05) is 26.7 Å². The molecule has 4 heteroatoms. The van der Waals surface area contributed by atoms with E-state index in [2.05, 4.69) is 46.7 Å². The number of nitrogens with zero attached hydrogens (tertiary/aromatic N) is 1. The lowest BCUT2D eigenvalue weighted by molar-refractivity contribution is -0.126. The maximum Gasteiger partial charge on any atom is 0.238 e. The number of aryl methyl sites for hydroxylation is 1. The van der Waals surface area contributed by atoms with Crippen LogP contribution in [0.1, 0.15) is 11.1 Å². The van der Waals surface area contributed by atoms with Crippen LogP contribution in [0.25, 0.3) is 0 Å². The van der Waals surface area contributed by atoms with Gasteiger partial charge in [-0.2, -0.15) is 0 Å². The molecule has 1 aromatic rings. The van der Waals surface area contributed by atoms with Gasteiger partial charge in [-0.15, -0.1) is 0 Å². The van der Waals surface area contributed by atoms with Crippen LogP contribution in [0.4, 0.5) is 0 Å². The second-order valence-corrected chi connectivity index (χ2v) is 4.79. The Morgan fingerprint density at radius 3 is 3.11 bits per heavy atom. The van der Waals surface area contributed by atoms with Crippen LogP contribution in [-0.2, 0) is 11.3 Å². The summed E-state index contributed by atoms with van der Waals surface area (Å²) in [5, 5.41) is 6.02. The van der Waals surface area contributed by atoms with Crippen molar-refractivity contribution in [3.8, 4) is 0 Å². The first-order valence-electron chi connectivity index (χ1n) is 6.42. The average Bonchev–Trinajstić information content (AvgIpc) is 2.38. The van der Waals surface area contributed by atoms with Gasteiger partial charge in [0.05, 0.1) is 0 Å². The molecule has 1 aliphatic heterocycles. The van der Waals surface area contributed by atoms with Gasteiger partial charge in [-0.1, -0.05) is 29.8 Å². The first kappa shape index (κ1) is 13.1. The summed E-state index contributed by atoms with van der Waals surface area (Å²) in [7, 11) is 1.70. The Morgan fingerprint density at radius 2 is 2.39 bits per heavy atom. The quantitative estimate of drug-likeness (QED) is 0.818. The summed E-state index contributed by atoms with van der Waals surface area (Å²) in [5.74, 6) is 0.0925. The van der Waals surface area contributed by atoms with Crippen LogP contribution >= 0.6 is 0 Å². The van der Waals surface area contributed by atoms with Crippen molar-refractivity contribution in [2.45, 2.75) is 19.5 Å². The second kappa shape index (κ2) is 5.98. The summed E-state index contributed by atoms with van der Waals surface area (Å²) < 4.78 is 0. The molecule has 2 rings (SSSR count). The molecule has 2 N–H and O–H groups in total. The van der Waals surface area contributed by atoms with Crippen molar-refractivity contribution in [1.82, 2.24) is 15.5 Å². The Hall–Kier alpha value is -1.39. The van der Waals surface area contributed by atoms with Crippen molar-refractivity contribution in [1.29, 1.82) is 0 Å². The molecule has 18 heavy (non-hydrogen) atoms. The lowest BCUT2D eigenvalue weighted by atomic mass is 10.1. The van der Waals surface area contributed by atoms with Crippen LogP contribution < -0.4 is 10.6 Å². The monoisotopic (exact) mass is 247 g/mol. The van der Waals surface area contributed by atoms with Crippen molar-refractivity contribution >= 4 is 5.91 Å². The van der Waals surface area contributed by atoms with Crippen molar-refractivity contribution in [3.63, 3.8) is 0 Å². The molecule has 0 spiro atoms. The van der Waals surface area contributed by atoms with E-state index in [1.807, 2.05) is 0 Å². The molecule has 0 aromatic heterocycles. The molecule has 0 saturated carbocycles. The number of nitrogens with one attached hydrogen (secondary N) is 2. The molecule has 1 atom stereocenters. The summed E-state index contributed by atoms with van der Waals surface area (Å²) in [6.45, 7) is 5.51. The summed E-state index contributed by atoms with van der Waals surface area (Å²) >= 11 is 0. The smallest absolute Gasteiger partial charge is 0.238 e. The zero-order valence-corrected chi connectivity index (χ0v) is 11.1. The molecule has 1 aromatic carbocycles. The fourth-order valence-corrected chi connectivity index (χ4v) is 2.41. The third kappa shape index (κ3) is 3.09. The third-order valence-electron chi connectivity index (χ3n) is 3.37. The Kier molecular flexibility index (Phi) is 4.33. The number of piperazine rings is 1. The Balaban J connectivity index is 2.07. The van der Waals surface area contributed by atoms with Gasteiger partial charge in [-0.25, -0.2) is 0 Å². The summed E-state index contributed by atoms with van der Waals surface area (Å²) in [6.07, 6.45) is 0. The number of likely N-dealkylation sites (N-methyl/N-ethyl adjacent to an activating group) is 1. The number of hydrogen-bond acceptors (Lipinski definition) is 3. The minimum atomic E-state index is -0.0655. The molecule has 4 nitrogen and oxygen atoms in total. The SMILES string of the molecule is CNC(=O)C1CNCCN1Cc1cccc(C)c1. The largest absolute Gasteiger partial charge is 0.358 e. The Labute approximate surface area is 108 Å². The topological polar surface area (TPSA) is 44.4 Å². The first-order chi connectivity index (χ1) is 8.70. The van der Waals surface area contributed by atoms with Crippen LogP contribution in [0.3, 0.4) is 0 Å². The van der Waals surface area contributed by atoms with Gasteiger partial charge in [0, 0.05) is 33.2 Å². The fraction of sp³-hybridized carbons (Fsp3) is 0.500. The van der Waals surface area contributed by atoms with Gasteiger partial charge in [0.15, 0.2) is 0 Å². The molecule has 0 bridgehead atoms. The van der Waals surface area contributed by atoms with Crippen molar-refractivity contribution in [3.05, 3.63) is 35.4 Å². The molecule has 1 fully saturated rings. The number of benzene rings is 1. The third-order valence-corrected chi connectivity index (χ3v) is 3.37. The highest BCUT2D eigenvalue weighted by atomic mass is 16.2. The average molecular weight is 247 g/mol. The number of rotatable bonds is 3. The van der Waals surface area contributed by atoms with Gasteiger partial charge in [0.1, 0.15) is 6.04 Å². The van der Waals surface area contributed by atoms with Crippen LogP contribution in [0.15, 0.2) is 24.3 Å². The second-order valence-electron chi connectivity index (χ2n) is 4.79. The van der Waals surface area contributed by atoms with Gasteiger partial charge in [0.25, 0.3) is 0 Å². The standard InChI is InChI=1S/C14H21N3O/c1-11-4-3-5-12(8-11)10-17-7-6-16-9-13(17)14(18)15-2/h3-5,8,13,16H,6-7,9-10H2,1-2H3,(H,15,18). The molecule has 1 unspecified atom stereocenters. The molecular formula is C14H21N3O. The highest BCUT2D eigenvalue weighted by Crippen LogP contribution is 2.12. The number of carbonyl (C=O) groups excluding carboxylic acids is 1. The summed E-state index contributed by atoms with van der Waals surface area (Å²) in [6, 6.07) is 8.40. The highest BCUT2D eigenvalue weighted by molar-refractivity contribution is 5.81. The van der Waals surface area contributed by atoms with Crippen LogP contribution in [0.5, 0.6) is 0 Å². The number of carbonyl (C=O) groups is 1. The van der Waals surface area contributed by atoms with Crippen LogP contribution in [0, 0.1) is 6.92 Å². The maximum atomic E-state index is 11.8. The van der Waals surface area contributed by atoms with Gasteiger partial charge in [-0.3, -0.25) is 9.69 Å². The summed E-state index contributed by atoms with van der Waals surface area (Å²) in [5.41, 5.74) is 2.53. The van der Waals surface area contributed by atoms with E-state index in [0.29, 0.717) is 0 Å². The van der Waals surface area contributed by atoms with E-state index in [4.69, 9.17) is 0 Å². The van der Waals surface area contributed by atoms with E-state index in [-0.39, 0.29) is 11.9 Å². The molecule has 1 aliphatic rings. The van der Waals surface area contributed by atoms with E-state index in [0.717, 1.165) is 26.2 Å². The molecular weight excluding hydrogens is 226 g/mol. The van der Waals surface area contributed by atoms with Gasteiger partial charge in [0.2, 0.25) is 5.91 Å².